The van der Waals surface area contributed by atoms with E-state index in [1.54, 1.807) is 0 Å². The van der Waals surface area contributed by atoms with Gasteiger partial charge < -0.3 is 0 Å². The van der Waals surface area contributed by atoms with E-state index < -0.39 is 29.5 Å². The van der Waals surface area contributed by atoms with E-state index in [1.807, 2.05) is 31.2 Å². The van der Waals surface area contributed by atoms with Gasteiger partial charge in [-0.25, -0.2) is 0 Å². The number of nitrogens with zero attached hydrogens (tertiary/aromatic N) is 1. The molecule has 0 bridgehead atoms. The highest BCUT2D eigenvalue weighted by atomic mass is 19.4. The highest BCUT2D eigenvalue weighted by Crippen LogP contribution is 2.34. The van der Waals surface area contributed by atoms with Crippen LogP contribution in [0.2, 0.25) is 0 Å². The fourth-order valence-corrected chi connectivity index (χ4v) is 2.96. The van der Waals surface area contributed by atoms with Crippen LogP contribution in [0.25, 0.3) is 0 Å². The van der Waals surface area contributed by atoms with Gasteiger partial charge in [0, 0.05) is 6.42 Å². The number of benzene rings is 2. The summed E-state index contributed by atoms with van der Waals surface area (Å²) in [6.07, 6.45) is -4.13. The number of halogens is 3. The Kier molecular flexibility index (Phi) is 4.37. The Hall–Kier alpha value is -2.63. The minimum Gasteiger partial charge on any atom is -0.274 e. The second-order valence-electron chi connectivity index (χ2n) is 6.21. The lowest BCUT2D eigenvalue weighted by Gasteiger charge is -2.17. The van der Waals surface area contributed by atoms with E-state index in [0.717, 1.165) is 28.2 Å². The molecule has 1 heterocycles. The van der Waals surface area contributed by atoms with Crippen molar-refractivity contribution < 1.29 is 22.8 Å². The largest absolute Gasteiger partial charge is 0.416 e. The highest BCUT2D eigenvalue weighted by Gasteiger charge is 2.40. The maximum Gasteiger partial charge on any atom is 0.416 e. The van der Waals surface area contributed by atoms with Gasteiger partial charge in [-0.2, -0.15) is 13.2 Å². The minimum atomic E-state index is -4.52. The molecule has 1 fully saturated rings. The first-order valence-corrected chi connectivity index (χ1v) is 7.85. The van der Waals surface area contributed by atoms with Crippen molar-refractivity contribution >= 4 is 17.5 Å². The smallest absolute Gasteiger partial charge is 0.274 e. The minimum absolute atomic E-state index is 0.00293. The van der Waals surface area contributed by atoms with Gasteiger partial charge in [0.1, 0.15) is 0 Å². The second-order valence-corrected chi connectivity index (χ2v) is 6.21. The van der Waals surface area contributed by atoms with Gasteiger partial charge in [0.25, 0.3) is 0 Å². The van der Waals surface area contributed by atoms with Crippen LogP contribution in [-0.4, -0.2) is 11.8 Å². The third kappa shape index (κ3) is 3.57. The molecule has 1 unspecified atom stereocenters. The molecule has 1 saturated heterocycles. The molecule has 25 heavy (non-hydrogen) atoms. The number of hydrogen-bond donors (Lipinski definition) is 0. The Morgan fingerprint density at radius 1 is 1.08 bits per heavy atom. The van der Waals surface area contributed by atoms with Crippen LogP contribution in [0.15, 0.2) is 48.5 Å². The molecule has 0 radical (unpaired) electrons. The molecule has 3 nitrogen and oxygen atoms in total. The first-order valence-electron chi connectivity index (χ1n) is 7.85. The average Bonchev–Trinajstić information content (AvgIpc) is 2.83. The molecular formula is C19H16F3NO2. The summed E-state index contributed by atoms with van der Waals surface area (Å²) in [7, 11) is 0. The number of alkyl halides is 3. The quantitative estimate of drug-likeness (QED) is 0.783. The van der Waals surface area contributed by atoms with Crippen LogP contribution in [-0.2, 0) is 22.2 Å². The first kappa shape index (κ1) is 17.2. The maximum absolute atomic E-state index is 12.9. The van der Waals surface area contributed by atoms with E-state index in [1.165, 1.54) is 12.1 Å². The van der Waals surface area contributed by atoms with Crippen LogP contribution in [0, 0.1) is 12.8 Å². The predicted molar refractivity (Wildman–Crippen MR) is 86.9 cm³/mol. The molecule has 6 heteroatoms. The van der Waals surface area contributed by atoms with E-state index in [4.69, 9.17) is 0 Å². The molecule has 0 N–H and O–H groups in total. The van der Waals surface area contributed by atoms with Crippen molar-refractivity contribution in [3.8, 4) is 0 Å². The van der Waals surface area contributed by atoms with Crippen LogP contribution in [0.4, 0.5) is 18.9 Å². The van der Waals surface area contributed by atoms with Crippen LogP contribution < -0.4 is 4.90 Å². The standard InChI is InChI=1S/C19H16F3NO2/c1-12-5-7-13(8-6-12)9-14-10-17(24)23(18(14)25)16-4-2-3-15(11-16)19(20,21)22/h2-8,11,14H,9-10H2,1H3. The molecule has 1 aliphatic heterocycles. The van der Waals surface area contributed by atoms with Crippen LogP contribution >= 0.6 is 0 Å². The van der Waals surface area contributed by atoms with Gasteiger partial charge in [0.2, 0.25) is 11.8 Å². The van der Waals surface area contributed by atoms with E-state index in [2.05, 4.69) is 0 Å². The number of aryl methyl sites for hydroxylation is 1. The molecular weight excluding hydrogens is 331 g/mol. The lowest BCUT2D eigenvalue weighted by Crippen LogP contribution is -2.31. The Balaban J connectivity index is 1.83. The zero-order valence-corrected chi connectivity index (χ0v) is 13.5. The molecule has 2 aromatic rings. The van der Waals surface area contributed by atoms with Crippen LogP contribution in [0.1, 0.15) is 23.1 Å². The van der Waals surface area contributed by atoms with Gasteiger partial charge in [-0.05, 0) is 37.1 Å². The summed E-state index contributed by atoms with van der Waals surface area (Å²) in [5.41, 5.74) is 1.09. The van der Waals surface area contributed by atoms with E-state index in [9.17, 15) is 22.8 Å². The van der Waals surface area contributed by atoms with Crippen molar-refractivity contribution in [2.75, 3.05) is 4.90 Å². The average molecular weight is 347 g/mol. The zero-order chi connectivity index (χ0) is 18.2. The number of hydrogen-bond acceptors (Lipinski definition) is 2. The fraction of sp³-hybridized carbons (Fsp3) is 0.263. The molecule has 0 aliphatic carbocycles. The van der Waals surface area contributed by atoms with Gasteiger partial charge in [-0.3, -0.25) is 14.5 Å². The normalized spacial score (nSPS) is 18.1. The van der Waals surface area contributed by atoms with Crippen molar-refractivity contribution in [1.82, 2.24) is 0 Å². The summed E-state index contributed by atoms with van der Waals surface area (Å²) in [6.45, 7) is 1.95. The molecule has 0 spiro atoms. The summed E-state index contributed by atoms with van der Waals surface area (Å²) in [4.78, 5) is 25.7. The van der Waals surface area contributed by atoms with E-state index in [0.29, 0.717) is 6.42 Å². The SMILES string of the molecule is Cc1ccc(CC2CC(=O)N(c3cccc(C(F)(F)F)c3)C2=O)cc1. The van der Waals surface area contributed by atoms with Gasteiger partial charge in [0.15, 0.2) is 0 Å². The van der Waals surface area contributed by atoms with Crippen molar-refractivity contribution in [1.29, 1.82) is 0 Å². The monoisotopic (exact) mass is 347 g/mol. The van der Waals surface area contributed by atoms with Gasteiger partial charge in [-0.1, -0.05) is 35.9 Å². The third-order valence-corrected chi connectivity index (χ3v) is 4.27. The topological polar surface area (TPSA) is 37.4 Å². The third-order valence-electron chi connectivity index (χ3n) is 4.27. The molecule has 0 saturated carbocycles. The predicted octanol–water partition coefficient (Wildman–Crippen LogP) is 4.14. The number of imide groups is 1. The summed E-state index contributed by atoms with van der Waals surface area (Å²) in [6, 6.07) is 11.9. The fourth-order valence-electron chi connectivity index (χ4n) is 2.96. The number of carbonyl (C=O) groups is 2. The molecule has 1 aliphatic rings. The summed E-state index contributed by atoms with van der Waals surface area (Å²) < 4.78 is 38.6. The molecule has 130 valence electrons. The summed E-state index contributed by atoms with van der Waals surface area (Å²) in [5.74, 6) is -1.48. The first-order chi connectivity index (χ1) is 11.8. The Morgan fingerprint density at radius 2 is 1.76 bits per heavy atom. The van der Waals surface area contributed by atoms with E-state index in [-0.39, 0.29) is 12.1 Å². The van der Waals surface area contributed by atoms with Crippen molar-refractivity contribution in [2.45, 2.75) is 25.9 Å². The molecule has 2 aromatic carbocycles. The number of amides is 2. The van der Waals surface area contributed by atoms with Crippen LogP contribution in [0.3, 0.4) is 0 Å². The lowest BCUT2D eigenvalue weighted by atomic mass is 9.97. The summed E-state index contributed by atoms with van der Waals surface area (Å²) in [5, 5.41) is 0. The zero-order valence-electron chi connectivity index (χ0n) is 13.5. The molecule has 2 amide bonds. The maximum atomic E-state index is 12.9. The Labute approximate surface area is 143 Å². The van der Waals surface area contributed by atoms with Crippen molar-refractivity contribution in [3.05, 3.63) is 65.2 Å². The number of carbonyl (C=O) groups excluding carboxylic acids is 2. The van der Waals surface area contributed by atoms with Gasteiger partial charge in [-0.15, -0.1) is 0 Å². The highest BCUT2D eigenvalue weighted by molar-refractivity contribution is 6.21. The molecule has 3 rings (SSSR count). The van der Waals surface area contributed by atoms with Gasteiger partial charge in [0.05, 0.1) is 17.2 Å². The molecule has 0 aromatic heterocycles. The van der Waals surface area contributed by atoms with Crippen molar-refractivity contribution in [2.24, 2.45) is 5.92 Å². The van der Waals surface area contributed by atoms with Crippen LogP contribution in [0.5, 0.6) is 0 Å². The van der Waals surface area contributed by atoms with E-state index >= 15 is 0 Å². The van der Waals surface area contributed by atoms with Gasteiger partial charge >= 0.3 is 6.18 Å². The second kappa shape index (κ2) is 6.35. The molecule has 1 atom stereocenters. The Bertz CT molecular complexity index is 812. The Morgan fingerprint density at radius 3 is 2.40 bits per heavy atom. The lowest BCUT2D eigenvalue weighted by molar-refractivity contribution is -0.137. The number of anilines is 1. The number of rotatable bonds is 3. The summed E-state index contributed by atoms with van der Waals surface area (Å²) >= 11 is 0. The van der Waals surface area contributed by atoms with Crippen molar-refractivity contribution in [3.63, 3.8) is 0 Å².